The summed E-state index contributed by atoms with van der Waals surface area (Å²) in [5.41, 5.74) is -0.0606. The van der Waals surface area contributed by atoms with Gasteiger partial charge >= 0.3 is 6.18 Å². The van der Waals surface area contributed by atoms with Gasteiger partial charge in [-0.3, -0.25) is 4.79 Å². The van der Waals surface area contributed by atoms with Crippen LogP contribution in [-0.4, -0.2) is 18.0 Å². The maximum atomic E-state index is 13.9. The average Bonchev–Trinajstić information content (AvgIpc) is 3.26. The fourth-order valence-corrected chi connectivity index (χ4v) is 4.31. The van der Waals surface area contributed by atoms with Crippen LogP contribution in [0.2, 0.25) is 0 Å². The Balaban J connectivity index is 1.94. The zero-order valence-corrected chi connectivity index (χ0v) is 17.7. The summed E-state index contributed by atoms with van der Waals surface area (Å²) in [6.07, 6.45) is -4.69. The normalized spacial score (nSPS) is 11.2. The molecule has 0 aliphatic heterocycles. The first kappa shape index (κ1) is 21.6. The van der Waals surface area contributed by atoms with Gasteiger partial charge in [-0.1, -0.05) is 72.0 Å². The zero-order chi connectivity index (χ0) is 22.7. The fraction of sp³-hybridized carbons (Fsp3) is 0.0833. The number of para-hydroxylation sites is 2. The van der Waals surface area contributed by atoms with Crippen LogP contribution < -0.4 is 9.64 Å². The Kier molecular flexibility index (Phi) is 5.96. The maximum absolute atomic E-state index is 13.9. The van der Waals surface area contributed by atoms with E-state index in [4.69, 9.17) is 4.74 Å². The number of thiazole rings is 1. The number of carbonyl (C=O) groups is 1. The quantitative estimate of drug-likeness (QED) is 0.332. The molecule has 4 nitrogen and oxygen atoms in total. The number of methoxy groups -OCH3 is 1. The number of rotatable bonds is 5. The lowest BCUT2D eigenvalue weighted by molar-refractivity contribution is -0.140. The minimum Gasteiger partial charge on any atom is -0.495 e. The highest BCUT2D eigenvalue weighted by Gasteiger charge is 2.39. The van der Waals surface area contributed by atoms with Gasteiger partial charge in [0, 0.05) is 5.56 Å². The largest absolute Gasteiger partial charge is 0.495 e. The van der Waals surface area contributed by atoms with E-state index in [1.807, 2.05) is 0 Å². The van der Waals surface area contributed by atoms with Gasteiger partial charge in [-0.2, -0.15) is 13.2 Å². The molecule has 0 atom stereocenters. The summed E-state index contributed by atoms with van der Waals surface area (Å²) in [6, 6.07) is 23.2. The first-order chi connectivity index (χ1) is 15.4. The third kappa shape index (κ3) is 4.22. The van der Waals surface area contributed by atoms with Gasteiger partial charge in [-0.25, -0.2) is 9.88 Å². The molecule has 3 aromatic carbocycles. The SMILES string of the molecule is COc1ccccc1N(C(=O)c1ccccc1)c1nc(C(F)(F)F)c(-c2ccccc2)s1. The monoisotopic (exact) mass is 454 g/mol. The summed E-state index contributed by atoms with van der Waals surface area (Å²) in [5, 5.41) is -0.102. The Labute approximate surface area is 186 Å². The molecule has 0 unspecified atom stereocenters. The molecular weight excluding hydrogens is 437 g/mol. The molecular formula is C24H17F3N2O2S. The van der Waals surface area contributed by atoms with Gasteiger partial charge < -0.3 is 4.74 Å². The summed E-state index contributed by atoms with van der Waals surface area (Å²) in [6.45, 7) is 0. The molecule has 0 aliphatic carbocycles. The molecule has 1 aromatic heterocycles. The Morgan fingerprint density at radius 2 is 1.50 bits per heavy atom. The summed E-state index contributed by atoms with van der Waals surface area (Å²) in [5.74, 6) is -0.181. The lowest BCUT2D eigenvalue weighted by Crippen LogP contribution is -2.26. The van der Waals surface area contributed by atoms with E-state index in [2.05, 4.69) is 4.98 Å². The van der Waals surface area contributed by atoms with Crippen molar-refractivity contribution in [3.8, 4) is 16.2 Å². The average molecular weight is 454 g/mol. The smallest absolute Gasteiger partial charge is 0.434 e. The molecule has 32 heavy (non-hydrogen) atoms. The van der Waals surface area contributed by atoms with Crippen LogP contribution in [0, 0.1) is 0 Å². The predicted molar refractivity (Wildman–Crippen MR) is 118 cm³/mol. The van der Waals surface area contributed by atoms with Crippen LogP contribution in [0.25, 0.3) is 10.4 Å². The lowest BCUT2D eigenvalue weighted by atomic mass is 10.1. The van der Waals surface area contributed by atoms with E-state index in [1.54, 1.807) is 84.9 Å². The second-order valence-electron chi connectivity index (χ2n) is 6.72. The summed E-state index contributed by atoms with van der Waals surface area (Å²) < 4.78 is 47.1. The number of ether oxygens (including phenoxy) is 1. The summed E-state index contributed by atoms with van der Waals surface area (Å²) in [4.78, 5) is 18.5. The van der Waals surface area contributed by atoms with Crippen molar-refractivity contribution < 1.29 is 22.7 Å². The van der Waals surface area contributed by atoms with Crippen LogP contribution in [-0.2, 0) is 6.18 Å². The predicted octanol–water partition coefficient (Wildman–Crippen LogP) is 6.82. The Morgan fingerprint density at radius 3 is 2.12 bits per heavy atom. The number of anilines is 2. The van der Waals surface area contributed by atoms with Gasteiger partial charge in [-0.15, -0.1) is 0 Å². The van der Waals surface area contributed by atoms with E-state index in [0.29, 0.717) is 22.6 Å². The number of carbonyl (C=O) groups excluding carboxylic acids is 1. The number of hydrogen-bond donors (Lipinski definition) is 0. The van der Waals surface area contributed by atoms with E-state index >= 15 is 0 Å². The highest BCUT2D eigenvalue weighted by atomic mass is 32.1. The first-order valence-corrected chi connectivity index (χ1v) is 10.4. The Hall–Kier alpha value is -3.65. The summed E-state index contributed by atoms with van der Waals surface area (Å²) >= 11 is 0.803. The molecule has 0 fully saturated rings. The summed E-state index contributed by atoms with van der Waals surface area (Å²) in [7, 11) is 1.43. The van der Waals surface area contributed by atoms with E-state index in [1.165, 1.54) is 12.0 Å². The van der Waals surface area contributed by atoms with Crippen molar-refractivity contribution in [2.45, 2.75) is 6.18 Å². The molecule has 8 heteroatoms. The van der Waals surface area contributed by atoms with Crippen LogP contribution in [0.5, 0.6) is 5.75 Å². The number of benzene rings is 3. The molecule has 0 spiro atoms. The number of aromatic nitrogens is 1. The van der Waals surface area contributed by atoms with E-state index in [-0.39, 0.29) is 10.0 Å². The maximum Gasteiger partial charge on any atom is 0.434 e. The molecule has 4 aromatic rings. The third-order valence-corrected chi connectivity index (χ3v) is 5.75. The fourth-order valence-electron chi connectivity index (χ4n) is 3.21. The van der Waals surface area contributed by atoms with Gasteiger partial charge in [0.05, 0.1) is 17.7 Å². The minimum atomic E-state index is -4.69. The molecule has 0 saturated heterocycles. The van der Waals surface area contributed by atoms with Gasteiger partial charge in [-0.05, 0) is 29.8 Å². The molecule has 0 saturated carbocycles. The van der Waals surface area contributed by atoms with Crippen molar-refractivity contribution in [1.82, 2.24) is 4.98 Å². The Morgan fingerprint density at radius 1 is 0.906 bits per heavy atom. The zero-order valence-electron chi connectivity index (χ0n) is 16.8. The van der Waals surface area contributed by atoms with E-state index in [0.717, 1.165) is 11.3 Å². The van der Waals surface area contributed by atoms with Crippen LogP contribution in [0.4, 0.5) is 24.0 Å². The van der Waals surface area contributed by atoms with Crippen LogP contribution in [0.3, 0.4) is 0 Å². The van der Waals surface area contributed by atoms with Crippen LogP contribution in [0.1, 0.15) is 16.1 Å². The minimum absolute atomic E-state index is 0.0612. The lowest BCUT2D eigenvalue weighted by Gasteiger charge is -2.22. The van der Waals surface area contributed by atoms with Crippen molar-refractivity contribution in [2.24, 2.45) is 0 Å². The molecule has 0 aliphatic rings. The second kappa shape index (κ2) is 8.84. The van der Waals surface area contributed by atoms with E-state index in [9.17, 15) is 18.0 Å². The number of nitrogens with zero attached hydrogens (tertiary/aromatic N) is 2. The van der Waals surface area contributed by atoms with Gasteiger partial charge in [0.25, 0.3) is 5.91 Å². The number of alkyl halides is 3. The van der Waals surface area contributed by atoms with Crippen molar-refractivity contribution in [3.63, 3.8) is 0 Å². The van der Waals surface area contributed by atoms with Crippen molar-refractivity contribution in [3.05, 3.63) is 96.2 Å². The number of halogens is 3. The van der Waals surface area contributed by atoms with Gasteiger partial charge in [0.2, 0.25) is 0 Å². The molecule has 162 valence electrons. The molecule has 0 radical (unpaired) electrons. The molecule has 0 bridgehead atoms. The third-order valence-electron chi connectivity index (χ3n) is 4.66. The standard InChI is InChI=1S/C24H17F3N2O2S/c1-31-19-15-9-8-14-18(19)29(22(30)17-12-6-3-7-13-17)23-28-21(24(25,26)27)20(32-23)16-10-4-2-5-11-16/h2-15H,1H3. The topological polar surface area (TPSA) is 42.4 Å². The first-order valence-electron chi connectivity index (χ1n) is 9.56. The van der Waals surface area contributed by atoms with Crippen molar-refractivity contribution in [1.29, 1.82) is 0 Å². The number of amides is 1. The van der Waals surface area contributed by atoms with E-state index < -0.39 is 17.8 Å². The van der Waals surface area contributed by atoms with Gasteiger partial charge in [0.15, 0.2) is 10.8 Å². The van der Waals surface area contributed by atoms with Crippen molar-refractivity contribution >= 4 is 28.1 Å². The molecule has 4 rings (SSSR count). The molecule has 0 N–H and O–H groups in total. The van der Waals surface area contributed by atoms with Crippen LogP contribution >= 0.6 is 11.3 Å². The molecule has 1 amide bonds. The highest BCUT2D eigenvalue weighted by molar-refractivity contribution is 7.19. The molecule has 1 heterocycles. The van der Waals surface area contributed by atoms with Crippen LogP contribution in [0.15, 0.2) is 84.9 Å². The number of hydrogen-bond acceptors (Lipinski definition) is 4. The highest BCUT2D eigenvalue weighted by Crippen LogP contribution is 2.45. The van der Waals surface area contributed by atoms with Gasteiger partial charge in [0.1, 0.15) is 5.75 Å². The second-order valence-corrected chi connectivity index (χ2v) is 7.69. The van der Waals surface area contributed by atoms with Crippen molar-refractivity contribution in [2.75, 3.05) is 12.0 Å². The Bertz CT molecular complexity index is 1220.